The maximum atomic E-state index is 13.5. The number of fused-ring (bicyclic) bond motifs is 1. The molecule has 0 aliphatic carbocycles. The molecule has 0 saturated heterocycles. The molecule has 2 unspecified atom stereocenters. The van der Waals surface area contributed by atoms with E-state index in [-0.39, 0.29) is 5.91 Å². The average Bonchev–Trinajstić information content (AvgIpc) is 3.14. The molecular formula is C21H23Cl2N3O2S. The van der Waals surface area contributed by atoms with Crippen molar-refractivity contribution >= 4 is 56.7 Å². The van der Waals surface area contributed by atoms with E-state index in [4.69, 9.17) is 23.2 Å². The Kier molecular flexibility index (Phi) is 6.88. The van der Waals surface area contributed by atoms with Gasteiger partial charge in [-0.15, -0.1) is 11.6 Å². The number of carbonyl (C=O) groups excluding carboxylic acids is 1. The van der Waals surface area contributed by atoms with E-state index in [1.807, 2.05) is 54.1 Å². The smallest absolute Gasteiger partial charge is 0.250 e. The molecule has 154 valence electrons. The van der Waals surface area contributed by atoms with E-state index in [0.717, 1.165) is 22.2 Å². The summed E-state index contributed by atoms with van der Waals surface area (Å²) in [6, 6.07) is 15.0. The van der Waals surface area contributed by atoms with E-state index < -0.39 is 16.5 Å². The zero-order valence-corrected chi connectivity index (χ0v) is 18.6. The highest BCUT2D eigenvalue weighted by Crippen LogP contribution is 2.37. The molecule has 8 heteroatoms. The lowest BCUT2D eigenvalue weighted by Crippen LogP contribution is -2.49. The Balaban J connectivity index is 2.25. The molecule has 0 saturated carbocycles. The third-order valence-corrected chi connectivity index (χ3v) is 5.94. The molecule has 0 bridgehead atoms. The van der Waals surface area contributed by atoms with Crippen molar-refractivity contribution in [1.82, 2.24) is 9.88 Å². The van der Waals surface area contributed by atoms with Gasteiger partial charge in [-0.25, -0.2) is 4.21 Å². The number of halogens is 2. The van der Waals surface area contributed by atoms with E-state index in [2.05, 4.69) is 10.0 Å². The predicted molar refractivity (Wildman–Crippen MR) is 122 cm³/mol. The van der Waals surface area contributed by atoms with E-state index >= 15 is 0 Å². The molecular weight excluding hydrogens is 429 g/mol. The minimum absolute atomic E-state index is 0.141. The summed E-state index contributed by atoms with van der Waals surface area (Å²) in [5, 5.41) is 4.44. The van der Waals surface area contributed by atoms with Crippen molar-refractivity contribution in [3.8, 4) is 0 Å². The van der Waals surface area contributed by atoms with Crippen LogP contribution in [0.5, 0.6) is 0 Å². The van der Waals surface area contributed by atoms with Gasteiger partial charge in [0, 0.05) is 35.3 Å². The first-order chi connectivity index (χ1) is 13.9. The topological polar surface area (TPSA) is 63.1 Å². The number of aromatic nitrogens is 1. The van der Waals surface area contributed by atoms with Crippen LogP contribution in [-0.4, -0.2) is 33.4 Å². The molecule has 0 fully saturated rings. The maximum Gasteiger partial charge on any atom is 0.250 e. The number of anilines is 1. The number of carbonyl (C=O) groups is 1. The lowest BCUT2D eigenvalue weighted by Gasteiger charge is -2.35. The Morgan fingerprint density at radius 3 is 2.52 bits per heavy atom. The first kappa shape index (κ1) is 21.7. The van der Waals surface area contributed by atoms with E-state index in [0.29, 0.717) is 23.9 Å². The second kappa shape index (κ2) is 9.20. The third kappa shape index (κ3) is 4.15. The molecule has 2 atom stereocenters. The molecule has 2 N–H and O–H groups in total. The van der Waals surface area contributed by atoms with Crippen LogP contribution in [0.3, 0.4) is 0 Å². The number of benzene rings is 2. The summed E-state index contributed by atoms with van der Waals surface area (Å²) in [6.07, 6.45) is 4.00. The van der Waals surface area contributed by atoms with Crippen LogP contribution in [0.4, 0.5) is 5.69 Å². The van der Waals surface area contributed by atoms with Gasteiger partial charge in [0.1, 0.15) is 16.5 Å². The highest BCUT2D eigenvalue weighted by molar-refractivity contribution is 7.85. The van der Waals surface area contributed by atoms with Crippen LogP contribution in [0.25, 0.3) is 10.9 Å². The molecule has 0 aliphatic heterocycles. The van der Waals surface area contributed by atoms with Crippen LogP contribution in [0.15, 0.2) is 54.7 Å². The van der Waals surface area contributed by atoms with Crippen LogP contribution < -0.4 is 10.0 Å². The summed E-state index contributed by atoms with van der Waals surface area (Å²) in [5.74, 6) is 0.188. The molecule has 1 aromatic heterocycles. The third-order valence-electron chi connectivity index (χ3n) is 4.99. The van der Waals surface area contributed by atoms with Gasteiger partial charge in [-0.1, -0.05) is 36.7 Å². The Morgan fingerprint density at radius 2 is 1.90 bits per heavy atom. The molecule has 0 aliphatic rings. The zero-order chi connectivity index (χ0) is 21.0. The molecule has 0 radical (unpaired) electrons. The Labute approximate surface area is 183 Å². The van der Waals surface area contributed by atoms with E-state index in [9.17, 15) is 9.00 Å². The molecule has 3 aromatic rings. The maximum absolute atomic E-state index is 13.5. The van der Waals surface area contributed by atoms with E-state index in [1.165, 1.54) is 0 Å². The van der Waals surface area contributed by atoms with Crippen molar-refractivity contribution in [3.63, 3.8) is 0 Å². The summed E-state index contributed by atoms with van der Waals surface area (Å²) in [5.41, 5.74) is 1.46. The fraction of sp³-hybridized carbons (Fsp3) is 0.286. The summed E-state index contributed by atoms with van der Waals surface area (Å²) in [7, 11) is -1.21. The highest BCUT2D eigenvalue weighted by atomic mass is 35.5. The van der Waals surface area contributed by atoms with Gasteiger partial charge in [0.05, 0.1) is 11.2 Å². The minimum Gasteiger partial charge on any atom is -0.353 e. The number of nitrogens with zero attached hydrogens (tertiary/aromatic N) is 1. The number of hydrogen-bond donors (Lipinski definition) is 2. The van der Waals surface area contributed by atoms with Crippen LogP contribution in [-0.2, 0) is 21.3 Å². The number of amides is 1. The number of alkyl halides is 1. The number of hydrogen-bond acceptors (Lipinski definition) is 2. The van der Waals surface area contributed by atoms with Crippen molar-refractivity contribution < 1.29 is 9.00 Å². The molecule has 29 heavy (non-hydrogen) atoms. The van der Waals surface area contributed by atoms with Crippen molar-refractivity contribution in [2.24, 2.45) is 0 Å². The summed E-state index contributed by atoms with van der Waals surface area (Å²) in [4.78, 5) is 13.5. The summed E-state index contributed by atoms with van der Waals surface area (Å²) < 4.78 is 16.6. The lowest BCUT2D eigenvalue weighted by atomic mass is 9.85. The Hall–Kier alpha value is -2.02. The van der Waals surface area contributed by atoms with Gasteiger partial charge in [0.2, 0.25) is 0 Å². The second-order valence-electron chi connectivity index (χ2n) is 6.65. The summed E-state index contributed by atoms with van der Waals surface area (Å²) in [6.45, 7) is 2.35. The van der Waals surface area contributed by atoms with Gasteiger partial charge >= 0.3 is 0 Å². The molecule has 2 aromatic carbocycles. The first-order valence-electron chi connectivity index (χ1n) is 9.25. The monoisotopic (exact) mass is 451 g/mol. The molecule has 0 spiro atoms. The Morgan fingerprint density at radius 1 is 1.17 bits per heavy atom. The van der Waals surface area contributed by atoms with Crippen LogP contribution in [0.1, 0.15) is 18.9 Å². The highest BCUT2D eigenvalue weighted by Gasteiger charge is 2.41. The lowest BCUT2D eigenvalue weighted by molar-refractivity contribution is -0.127. The van der Waals surface area contributed by atoms with Crippen molar-refractivity contribution in [3.05, 3.63) is 65.3 Å². The average molecular weight is 452 g/mol. The molecule has 1 heterocycles. The van der Waals surface area contributed by atoms with Gasteiger partial charge in [-0.3, -0.25) is 4.79 Å². The first-order valence-corrected chi connectivity index (χ1v) is 11.7. The standard InChI is InChI=1S/C21H23Cl2N3O2S/c1-3-21(20(27)24-13-12-22,15-7-9-16(23)10-8-15)26-14-11-17-18(25-29(2)28)5-4-6-19(17)26/h4-11,14,25H,3,12-13H2,1-2H3,(H,24,27). The fourth-order valence-electron chi connectivity index (χ4n) is 3.69. The van der Waals surface area contributed by atoms with Crippen molar-refractivity contribution in [2.45, 2.75) is 18.9 Å². The van der Waals surface area contributed by atoms with Gasteiger partial charge < -0.3 is 14.6 Å². The van der Waals surface area contributed by atoms with E-state index in [1.54, 1.807) is 18.4 Å². The molecule has 1 amide bonds. The fourth-order valence-corrected chi connectivity index (χ4v) is 4.40. The quantitative estimate of drug-likeness (QED) is 0.494. The van der Waals surface area contributed by atoms with Crippen LogP contribution >= 0.6 is 23.2 Å². The van der Waals surface area contributed by atoms with Gasteiger partial charge in [-0.2, -0.15) is 0 Å². The second-order valence-corrected chi connectivity index (χ2v) is 8.57. The number of nitrogens with one attached hydrogen (secondary N) is 2. The molecule has 3 rings (SSSR count). The largest absolute Gasteiger partial charge is 0.353 e. The van der Waals surface area contributed by atoms with Gasteiger partial charge in [0.15, 0.2) is 0 Å². The number of rotatable bonds is 8. The zero-order valence-electron chi connectivity index (χ0n) is 16.2. The normalized spacial score (nSPS) is 14.3. The van der Waals surface area contributed by atoms with Crippen LogP contribution in [0.2, 0.25) is 5.02 Å². The SMILES string of the molecule is CCC(C(=O)NCCCl)(c1ccc(Cl)cc1)n1ccc2c(NS(C)=O)cccc21. The van der Waals surface area contributed by atoms with Gasteiger partial charge in [0.25, 0.3) is 5.91 Å². The van der Waals surface area contributed by atoms with Crippen molar-refractivity contribution in [2.75, 3.05) is 23.4 Å². The minimum atomic E-state index is -1.21. The van der Waals surface area contributed by atoms with Gasteiger partial charge in [-0.05, 0) is 42.3 Å². The predicted octanol–water partition coefficient (Wildman–Crippen LogP) is 4.51. The Bertz CT molecular complexity index is 1040. The van der Waals surface area contributed by atoms with Crippen LogP contribution in [0, 0.1) is 0 Å². The molecule has 5 nitrogen and oxygen atoms in total. The summed E-state index contributed by atoms with van der Waals surface area (Å²) >= 11 is 11.9. The van der Waals surface area contributed by atoms with Crippen molar-refractivity contribution in [1.29, 1.82) is 0 Å².